The number of nitrogens with one attached hydrogen (secondary N) is 3. The minimum Gasteiger partial charge on any atom is -0.492 e. The van der Waals surface area contributed by atoms with Crippen LogP contribution in [0.15, 0.2) is 79.4 Å². The monoisotopic (exact) mass is 1050 g/mol. The standard InChI is InChI=1S/C24H25F2N3O5.C17H16F2N2O2.C10H13N3O3.ClH/c1-13-9-16(3-5-18(13)25)27-23(31)17-4-6-19(26)21-20(7-8-33-22(17)21)28-24(32)34-12-15-10-29(11-15)14(2)30;1-9-8-10(2-4-12(9)18)21-17(22)11-3-5-13(19)15-14(20)6-7-23-16(11)15;1-8(14)13-4-9(5-13)6-16-10(15)12-3-2-11-7-12;/h3-6,9,15,20H,7-8,10-12H2,1-2H3,(H,27,31)(H,28,32);2-5,8,14H,6-7,20H2,1H3,(H,21,22);2-3,7,9H,4-6H2,1H3;1H/t20-;14-;;/m00../s1. The van der Waals surface area contributed by atoms with E-state index in [2.05, 4.69) is 20.9 Å². The quantitative estimate of drug-likeness (QED) is 0.105. The molecular weight excluding hydrogens is 996 g/mol. The van der Waals surface area contributed by atoms with Crippen molar-refractivity contribution in [2.45, 2.75) is 52.6 Å². The summed E-state index contributed by atoms with van der Waals surface area (Å²) in [5, 5.41) is 7.97. The molecule has 23 heteroatoms. The number of likely N-dealkylation sites (tertiary alicyclic amines) is 2. The SMILES string of the molecule is CC(=O)N1CC(COC(=O)N[C@H]2CCOc3c(C(=O)Nc4ccc(F)c(C)c4)ccc(F)c32)C1.CC(=O)N1CC(COC(=O)n2ccnc2)C1.Cc1cc(NC(=O)c2ccc(F)c3c2OCC[C@@H]3N)ccc1F.Cl. The molecule has 4 aromatic carbocycles. The van der Waals surface area contributed by atoms with Crippen LogP contribution < -0.4 is 31.2 Å². The van der Waals surface area contributed by atoms with E-state index in [1.54, 1.807) is 23.6 Å². The number of nitrogens with zero attached hydrogens (tertiary/aromatic N) is 4. The number of nitrogens with two attached hydrogens (primary N) is 1. The van der Waals surface area contributed by atoms with E-state index in [9.17, 15) is 46.3 Å². The topological polar surface area (TPSA) is 226 Å². The molecule has 0 spiro atoms. The number of carbonyl (C=O) groups is 6. The molecule has 0 unspecified atom stereocenters. The molecule has 2 atom stereocenters. The number of aromatic nitrogens is 2. The third kappa shape index (κ3) is 13.7. The zero-order chi connectivity index (χ0) is 52.5. The number of anilines is 2. The van der Waals surface area contributed by atoms with E-state index in [0.717, 1.165) is 6.07 Å². The minimum absolute atomic E-state index is 0. The molecule has 5 heterocycles. The van der Waals surface area contributed by atoms with Gasteiger partial charge in [0.1, 0.15) is 41.1 Å². The number of hydrogen-bond donors (Lipinski definition) is 4. The maximum absolute atomic E-state index is 14.8. The lowest BCUT2D eigenvalue weighted by Gasteiger charge is -2.38. The molecule has 2 fully saturated rings. The highest BCUT2D eigenvalue weighted by atomic mass is 35.5. The number of rotatable bonds is 9. The number of ether oxygens (including phenoxy) is 4. The van der Waals surface area contributed by atoms with Gasteiger partial charge in [-0.05, 0) is 85.6 Å². The van der Waals surface area contributed by atoms with Crippen molar-refractivity contribution in [1.29, 1.82) is 0 Å². The van der Waals surface area contributed by atoms with E-state index in [1.165, 1.54) is 91.7 Å². The van der Waals surface area contributed by atoms with Gasteiger partial charge in [0, 0.05) is 100 Å². The zero-order valence-corrected chi connectivity index (χ0v) is 41.6. The van der Waals surface area contributed by atoms with Crippen molar-refractivity contribution in [1.82, 2.24) is 24.7 Å². The summed E-state index contributed by atoms with van der Waals surface area (Å²) < 4.78 is 78.2. The van der Waals surface area contributed by atoms with Crippen LogP contribution in [0, 0.1) is 49.0 Å². The Hall–Kier alpha value is -7.72. The van der Waals surface area contributed by atoms with Crippen LogP contribution in [0.5, 0.6) is 11.5 Å². The van der Waals surface area contributed by atoms with E-state index in [0.29, 0.717) is 74.7 Å². The Labute approximate surface area is 429 Å². The van der Waals surface area contributed by atoms with Gasteiger partial charge in [0.05, 0.1) is 49.2 Å². The highest BCUT2D eigenvalue weighted by Gasteiger charge is 2.34. The van der Waals surface area contributed by atoms with Crippen LogP contribution in [0.1, 0.15) is 81.7 Å². The lowest BCUT2D eigenvalue weighted by Crippen LogP contribution is -2.51. The largest absolute Gasteiger partial charge is 0.492 e. The Morgan fingerprint density at radius 2 is 1.15 bits per heavy atom. The second-order valence-electron chi connectivity index (χ2n) is 17.8. The maximum Gasteiger partial charge on any atom is 0.419 e. The highest BCUT2D eigenvalue weighted by Crippen LogP contribution is 2.38. The Balaban J connectivity index is 0.000000193. The third-order valence-electron chi connectivity index (χ3n) is 12.4. The van der Waals surface area contributed by atoms with Gasteiger partial charge in [-0.1, -0.05) is 0 Å². The van der Waals surface area contributed by atoms with Gasteiger partial charge in [-0.2, -0.15) is 0 Å². The van der Waals surface area contributed by atoms with Gasteiger partial charge in [0.15, 0.2) is 0 Å². The van der Waals surface area contributed by atoms with Crippen LogP contribution in [-0.4, -0.2) is 108 Å². The third-order valence-corrected chi connectivity index (χ3v) is 12.4. The first kappa shape index (κ1) is 55.6. The molecule has 4 aliphatic heterocycles. The summed E-state index contributed by atoms with van der Waals surface area (Å²) in [6.07, 6.45) is 4.08. The van der Waals surface area contributed by atoms with Gasteiger partial charge in [-0.15, -0.1) is 12.4 Å². The van der Waals surface area contributed by atoms with Crippen molar-refractivity contribution >= 4 is 59.6 Å². The summed E-state index contributed by atoms with van der Waals surface area (Å²) >= 11 is 0. The molecule has 4 aliphatic rings. The first-order valence-corrected chi connectivity index (χ1v) is 23.3. The predicted molar refractivity (Wildman–Crippen MR) is 263 cm³/mol. The van der Waals surface area contributed by atoms with Crippen LogP contribution in [0.4, 0.5) is 38.5 Å². The van der Waals surface area contributed by atoms with Crippen LogP contribution in [0.3, 0.4) is 0 Å². The van der Waals surface area contributed by atoms with Crippen molar-refractivity contribution in [3.8, 4) is 11.5 Å². The van der Waals surface area contributed by atoms with Crippen molar-refractivity contribution in [2.75, 3.05) is 63.2 Å². The Morgan fingerprint density at radius 1 is 0.676 bits per heavy atom. The van der Waals surface area contributed by atoms with E-state index in [1.807, 2.05) is 0 Å². The molecule has 5 amide bonds. The Kier molecular flexibility index (Phi) is 18.6. The van der Waals surface area contributed by atoms with E-state index >= 15 is 0 Å². The molecule has 2 saturated heterocycles. The summed E-state index contributed by atoms with van der Waals surface area (Å²) in [5.41, 5.74) is 8.13. The molecule has 394 valence electrons. The minimum atomic E-state index is -0.743. The lowest BCUT2D eigenvalue weighted by molar-refractivity contribution is -0.136. The molecule has 9 rings (SSSR count). The lowest BCUT2D eigenvalue weighted by atomic mass is 9.96. The molecule has 0 bridgehead atoms. The fraction of sp³-hybridized carbons (Fsp3) is 0.353. The molecule has 0 saturated carbocycles. The Morgan fingerprint density at radius 3 is 1.64 bits per heavy atom. The molecule has 74 heavy (non-hydrogen) atoms. The Bertz CT molecular complexity index is 2880. The van der Waals surface area contributed by atoms with Gasteiger partial charge >= 0.3 is 12.2 Å². The first-order chi connectivity index (χ1) is 34.9. The molecule has 5 N–H and O–H groups in total. The van der Waals surface area contributed by atoms with Gasteiger partial charge in [0.25, 0.3) is 11.8 Å². The average Bonchev–Trinajstić information content (AvgIpc) is 3.87. The molecular formula is C51H55ClF4N8O10. The van der Waals surface area contributed by atoms with E-state index in [4.69, 9.17) is 24.7 Å². The fourth-order valence-electron chi connectivity index (χ4n) is 8.20. The smallest absolute Gasteiger partial charge is 0.419 e. The second-order valence-corrected chi connectivity index (χ2v) is 17.8. The number of imidazole rings is 1. The number of aryl methyl sites for hydroxylation is 2. The number of alkyl carbamates (subject to hydrolysis) is 1. The number of fused-ring (bicyclic) bond motifs is 2. The van der Waals surface area contributed by atoms with Crippen molar-refractivity contribution in [3.05, 3.63) is 136 Å². The molecule has 5 aromatic rings. The highest BCUT2D eigenvalue weighted by molar-refractivity contribution is 6.07. The van der Waals surface area contributed by atoms with Crippen LogP contribution in [0.2, 0.25) is 0 Å². The molecule has 0 aliphatic carbocycles. The maximum atomic E-state index is 14.8. The van der Waals surface area contributed by atoms with Gasteiger partial charge in [-0.3, -0.25) is 19.2 Å². The van der Waals surface area contributed by atoms with Crippen molar-refractivity contribution in [2.24, 2.45) is 17.6 Å². The van der Waals surface area contributed by atoms with E-state index in [-0.39, 0.29) is 88.8 Å². The van der Waals surface area contributed by atoms with Gasteiger partial charge < -0.3 is 50.4 Å². The van der Waals surface area contributed by atoms with Gasteiger partial charge in [0.2, 0.25) is 11.8 Å². The molecule has 18 nitrogen and oxygen atoms in total. The number of hydrogen-bond acceptors (Lipinski definition) is 12. The normalized spacial score (nSPS) is 16.4. The summed E-state index contributed by atoms with van der Waals surface area (Å²) in [5.74, 6) is -2.26. The summed E-state index contributed by atoms with van der Waals surface area (Å²) in [6.45, 7) is 9.59. The van der Waals surface area contributed by atoms with Gasteiger partial charge in [-0.25, -0.2) is 36.7 Å². The number of halogens is 5. The van der Waals surface area contributed by atoms with E-state index < -0.39 is 53.5 Å². The first-order valence-electron chi connectivity index (χ1n) is 23.3. The van der Waals surface area contributed by atoms with Crippen LogP contribution in [-0.2, 0) is 19.1 Å². The summed E-state index contributed by atoms with van der Waals surface area (Å²) in [7, 11) is 0. The summed E-state index contributed by atoms with van der Waals surface area (Å²) in [6, 6.07) is 12.2. The number of amides is 5. The number of carbonyl (C=O) groups excluding carboxylic acids is 6. The zero-order valence-electron chi connectivity index (χ0n) is 40.8. The second kappa shape index (κ2) is 24.8. The van der Waals surface area contributed by atoms with Crippen LogP contribution >= 0.6 is 12.4 Å². The van der Waals surface area contributed by atoms with Crippen LogP contribution in [0.25, 0.3) is 0 Å². The molecule has 0 radical (unpaired) electrons. The van der Waals surface area contributed by atoms with Crippen molar-refractivity contribution in [3.63, 3.8) is 0 Å². The predicted octanol–water partition coefficient (Wildman–Crippen LogP) is 7.63. The average molecular weight is 1050 g/mol. The fourth-order valence-corrected chi connectivity index (χ4v) is 8.20. The molecule has 1 aromatic heterocycles. The summed E-state index contributed by atoms with van der Waals surface area (Å²) in [4.78, 5) is 78.3. The van der Waals surface area contributed by atoms with Crippen molar-refractivity contribution < 1.29 is 65.3 Å². The number of benzene rings is 4.